The largest absolute Gasteiger partial charge is 0.335 e. The summed E-state index contributed by atoms with van der Waals surface area (Å²) in [6, 6.07) is 7.55. The molecule has 0 aliphatic rings. The van der Waals surface area contributed by atoms with Crippen LogP contribution < -0.4 is 5.56 Å². The number of aryl methyl sites for hydroxylation is 2. The summed E-state index contributed by atoms with van der Waals surface area (Å²) in [5.41, 5.74) is 2.45. The second-order valence-corrected chi connectivity index (χ2v) is 9.43. The molecule has 5 aromatic rings. The zero-order valence-corrected chi connectivity index (χ0v) is 18.6. The highest BCUT2D eigenvalue weighted by Crippen LogP contribution is 2.31. The molecular formula is C21H17N5O3S2. The summed E-state index contributed by atoms with van der Waals surface area (Å²) in [7, 11) is 1.67. The van der Waals surface area contributed by atoms with E-state index in [1.165, 1.54) is 16.2 Å². The number of hydrogen-bond acceptors (Lipinski definition) is 8. The van der Waals surface area contributed by atoms with Gasteiger partial charge in [0.2, 0.25) is 0 Å². The molecule has 31 heavy (non-hydrogen) atoms. The van der Waals surface area contributed by atoms with Gasteiger partial charge >= 0.3 is 0 Å². The number of carbonyl (C=O) groups is 1. The predicted octanol–water partition coefficient (Wildman–Crippen LogP) is 4.14. The van der Waals surface area contributed by atoms with E-state index in [1.807, 2.05) is 24.4 Å². The van der Waals surface area contributed by atoms with E-state index in [-0.39, 0.29) is 18.0 Å². The predicted molar refractivity (Wildman–Crippen MR) is 121 cm³/mol. The van der Waals surface area contributed by atoms with E-state index in [9.17, 15) is 9.59 Å². The Balaban J connectivity index is 1.54. The van der Waals surface area contributed by atoms with Gasteiger partial charge in [-0.05, 0) is 43.5 Å². The molecule has 0 unspecified atom stereocenters. The molecule has 5 rings (SSSR count). The van der Waals surface area contributed by atoms with Crippen molar-refractivity contribution >= 4 is 49.9 Å². The monoisotopic (exact) mass is 451 g/mol. The Hall–Kier alpha value is -3.37. The number of nitrogens with zero attached hydrogens (tertiary/aromatic N) is 4. The molecule has 0 bridgehead atoms. The van der Waals surface area contributed by atoms with Crippen molar-refractivity contribution in [3.05, 3.63) is 62.0 Å². The van der Waals surface area contributed by atoms with Crippen LogP contribution in [0.4, 0.5) is 0 Å². The first-order valence-corrected chi connectivity index (χ1v) is 11.2. The molecule has 8 nitrogen and oxygen atoms in total. The lowest BCUT2D eigenvalue weighted by Gasteiger charge is -2.17. The van der Waals surface area contributed by atoms with E-state index in [0.29, 0.717) is 44.1 Å². The molecule has 10 heteroatoms. The van der Waals surface area contributed by atoms with Gasteiger partial charge in [0.25, 0.3) is 17.2 Å². The Morgan fingerprint density at radius 2 is 2.06 bits per heavy atom. The number of rotatable bonds is 4. The van der Waals surface area contributed by atoms with Crippen LogP contribution in [0.2, 0.25) is 0 Å². The molecule has 0 aliphatic heterocycles. The molecule has 0 radical (unpaired) electrons. The van der Waals surface area contributed by atoms with E-state index in [4.69, 9.17) is 4.52 Å². The third-order valence-electron chi connectivity index (χ3n) is 4.94. The second kappa shape index (κ2) is 7.40. The lowest BCUT2D eigenvalue weighted by atomic mass is 10.1. The number of aromatic amines is 1. The van der Waals surface area contributed by atoms with Crippen molar-refractivity contribution in [2.45, 2.75) is 20.4 Å². The number of thiophene rings is 2. The van der Waals surface area contributed by atoms with Crippen molar-refractivity contribution in [2.24, 2.45) is 0 Å². The molecule has 0 aliphatic carbocycles. The average molecular weight is 452 g/mol. The fourth-order valence-corrected chi connectivity index (χ4v) is 5.01. The molecule has 1 N–H and O–H groups in total. The first-order chi connectivity index (χ1) is 14.9. The van der Waals surface area contributed by atoms with Crippen LogP contribution in [0.1, 0.15) is 26.8 Å². The summed E-state index contributed by atoms with van der Waals surface area (Å²) < 4.78 is 5.95. The summed E-state index contributed by atoms with van der Waals surface area (Å²) in [4.78, 5) is 41.1. The van der Waals surface area contributed by atoms with Crippen LogP contribution in [0, 0.1) is 13.8 Å². The van der Waals surface area contributed by atoms with Gasteiger partial charge in [0.15, 0.2) is 0 Å². The van der Waals surface area contributed by atoms with Crippen LogP contribution in [0.3, 0.4) is 0 Å². The standard InChI is InChI=1S/C21H17N5O3S2/c1-10-4-5-15(31-10)14-8-12(17-11(2)25-29-20(17)23-14)21(28)26(3)9-16-22-13-6-7-30-18(13)19(27)24-16/h4-8H,9H2,1-3H3,(H,22,24,27). The average Bonchev–Trinajstić information content (AvgIpc) is 3.47. The summed E-state index contributed by atoms with van der Waals surface area (Å²) in [6.07, 6.45) is 0. The summed E-state index contributed by atoms with van der Waals surface area (Å²) in [5.74, 6) is 0.189. The Bertz CT molecular complexity index is 1510. The van der Waals surface area contributed by atoms with Gasteiger partial charge in [0, 0.05) is 11.9 Å². The fraction of sp³-hybridized carbons (Fsp3) is 0.190. The molecule has 5 heterocycles. The van der Waals surface area contributed by atoms with E-state index in [2.05, 4.69) is 20.1 Å². The SMILES string of the molecule is Cc1ccc(-c2cc(C(=O)N(C)Cc3nc4ccsc4c(=O)[nH]3)c3c(C)noc3n2)s1. The molecule has 0 fully saturated rings. The number of carbonyl (C=O) groups excluding carboxylic acids is 1. The normalized spacial score (nSPS) is 11.5. The van der Waals surface area contributed by atoms with Crippen LogP contribution in [-0.4, -0.2) is 38.0 Å². The third-order valence-corrected chi connectivity index (χ3v) is 6.86. The van der Waals surface area contributed by atoms with Gasteiger partial charge in [-0.25, -0.2) is 9.97 Å². The van der Waals surface area contributed by atoms with E-state index in [0.717, 1.165) is 9.75 Å². The Labute approximate surface area is 184 Å². The van der Waals surface area contributed by atoms with Crippen molar-refractivity contribution in [1.82, 2.24) is 25.0 Å². The lowest BCUT2D eigenvalue weighted by molar-refractivity contribution is 0.0783. The number of amides is 1. The minimum absolute atomic E-state index is 0.154. The van der Waals surface area contributed by atoms with Crippen LogP contribution in [-0.2, 0) is 6.54 Å². The topological polar surface area (TPSA) is 105 Å². The van der Waals surface area contributed by atoms with Crippen molar-refractivity contribution in [3.8, 4) is 10.6 Å². The van der Waals surface area contributed by atoms with Crippen LogP contribution in [0.25, 0.3) is 31.9 Å². The highest BCUT2D eigenvalue weighted by atomic mass is 32.1. The number of nitrogens with one attached hydrogen (secondary N) is 1. The van der Waals surface area contributed by atoms with Crippen molar-refractivity contribution in [2.75, 3.05) is 7.05 Å². The molecule has 0 saturated carbocycles. The summed E-state index contributed by atoms with van der Waals surface area (Å²) in [5, 5.41) is 6.41. The number of pyridine rings is 1. The maximum atomic E-state index is 13.4. The van der Waals surface area contributed by atoms with Crippen LogP contribution >= 0.6 is 22.7 Å². The number of hydrogen-bond donors (Lipinski definition) is 1. The van der Waals surface area contributed by atoms with E-state index >= 15 is 0 Å². The van der Waals surface area contributed by atoms with Gasteiger partial charge in [0.1, 0.15) is 10.5 Å². The zero-order chi connectivity index (χ0) is 21.7. The summed E-state index contributed by atoms with van der Waals surface area (Å²) in [6.45, 7) is 3.95. The van der Waals surface area contributed by atoms with E-state index < -0.39 is 0 Å². The zero-order valence-electron chi connectivity index (χ0n) is 16.9. The Morgan fingerprint density at radius 1 is 1.23 bits per heavy atom. The highest BCUT2D eigenvalue weighted by Gasteiger charge is 2.23. The molecule has 0 atom stereocenters. The number of H-pyrrole nitrogens is 1. The smallest absolute Gasteiger partial charge is 0.268 e. The molecule has 0 aromatic carbocycles. The molecule has 5 aromatic heterocycles. The van der Waals surface area contributed by atoms with Gasteiger partial charge in [0.05, 0.1) is 39.3 Å². The van der Waals surface area contributed by atoms with Gasteiger partial charge in [-0.15, -0.1) is 22.7 Å². The third kappa shape index (κ3) is 3.43. The Kier molecular flexibility index (Phi) is 4.67. The first kappa shape index (κ1) is 19.6. The minimum Gasteiger partial charge on any atom is -0.335 e. The maximum absolute atomic E-state index is 13.4. The fourth-order valence-electron chi connectivity index (χ4n) is 3.46. The highest BCUT2D eigenvalue weighted by molar-refractivity contribution is 7.17. The first-order valence-electron chi connectivity index (χ1n) is 9.46. The molecule has 0 spiro atoms. The van der Waals surface area contributed by atoms with Gasteiger partial charge in [-0.3, -0.25) is 9.59 Å². The van der Waals surface area contributed by atoms with Crippen molar-refractivity contribution in [1.29, 1.82) is 0 Å². The van der Waals surface area contributed by atoms with Crippen molar-refractivity contribution in [3.63, 3.8) is 0 Å². The van der Waals surface area contributed by atoms with Crippen LogP contribution in [0.15, 0.2) is 39.0 Å². The molecule has 1 amide bonds. The molecular weight excluding hydrogens is 434 g/mol. The van der Waals surface area contributed by atoms with Gasteiger partial charge in [-0.2, -0.15) is 0 Å². The number of aromatic nitrogens is 4. The minimum atomic E-state index is -0.235. The quantitative estimate of drug-likeness (QED) is 0.440. The van der Waals surface area contributed by atoms with Gasteiger partial charge < -0.3 is 14.4 Å². The lowest BCUT2D eigenvalue weighted by Crippen LogP contribution is -2.28. The summed E-state index contributed by atoms with van der Waals surface area (Å²) >= 11 is 2.93. The molecule has 156 valence electrons. The van der Waals surface area contributed by atoms with E-state index in [1.54, 1.807) is 37.4 Å². The molecule has 0 saturated heterocycles. The van der Waals surface area contributed by atoms with Crippen molar-refractivity contribution < 1.29 is 9.32 Å². The van der Waals surface area contributed by atoms with Gasteiger partial charge in [-0.1, -0.05) is 5.16 Å². The second-order valence-electron chi connectivity index (χ2n) is 7.22. The number of fused-ring (bicyclic) bond motifs is 2. The Morgan fingerprint density at radius 3 is 2.84 bits per heavy atom. The van der Waals surface area contributed by atoms with Crippen LogP contribution in [0.5, 0.6) is 0 Å². The maximum Gasteiger partial charge on any atom is 0.268 e.